The van der Waals surface area contributed by atoms with Crippen molar-refractivity contribution in [2.24, 2.45) is 5.92 Å². The Labute approximate surface area is 103 Å². The van der Waals surface area contributed by atoms with E-state index in [0.717, 1.165) is 19.3 Å². The van der Waals surface area contributed by atoms with Gasteiger partial charge in [-0.1, -0.05) is 13.8 Å². The van der Waals surface area contributed by atoms with Gasteiger partial charge in [-0.15, -0.1) is 0 Å². The molecule has 0 aliphatic carbocycles. The summed E-state index contributed by atoms with van der Waals surface area (Å²) in [6.07, 6.45) is 2.71. The zero-order valence-corrected chi connectivity index (χ0v) is 10.9. The second-order valence-corrected chi connectivity index (χ2v) is 5.87. The Bertz CT molecular complexity index is 292. The lowest BCUT2D eigenvalue weighted by molar-refractivity contribution is -0.153. The first-order chi connectivity index (χ1) is 7.97. The highest BCUT2D eigenvalue weighted by atomic mass is 16.5. The molecule has 2 fully saturated rings. The van der Waals surface area contributed by atoms with Crippen LogP contribution in [0.3, 0.4) is 0 Å². The Morgan fingerprint density at radius 1 is 1.41 bits per heavy atom. The summed E-state index contributed by atoms with van der Waals surface area (Å²) >= 11 is 0. The van der Waals surface area contributed by atoms with Gasteiger partial charge in [0.15, 0.2) is 0 Å². The van der Waals surface area contributed by atoms with Crippen LogP contribution < -0.4 is 0 Å². The van der Waals surface area contributed by atoms with Gasteiger partial charge in [-0.25, -0.2) is 0 Å². The van der Waals surface area contributed by atoms with E-state index >= 15 is 0 Å². The number of carbonyl (C=O) groups is 1. The van der Waals surface area contributed by atoms with Crippen LogP contribution in [0.5, 0.6) is 0 Å². The average molecular weight is 241 g/mol. The summed E-state index contributed by atoms with van der Waals surface area (Å²) in [5, 5.41) is 9.88. The summed E-state index contributed by atoms with van der Waals surface area (Å²) < 4.78 is 5.50. The minimum atomic E-state index is -0.251. The number of aliphatic hydroxyl groups excluding tert-OH is 1. The van der Waals surface area contributed by atoms with E-state index in [1.54, 1.807) is 0 Å². The van der Waals surface area contributed by atoms with Gasteiger partial charge in [-0.2, -0.15) is 0 Å². The molecule has 0 spiro atoms. The van der Waals surface area contributed by atoms with Crippen molar-refractivity contribution in [3.63, 3.8) is 0 Å². The van der Waals surface area contributed by atoms with Crippen molar-refractivity contribution in [2.75, 3.05) is 7.05 Å². The standard InChI is InChI=1S/C13H23NO3/c1-8(2)4-13(16)17-10-5-9-6-12(15)11(7-10)14(9)3/h8-12,15H,4-7H2,1-3H3/t9-,10-,11+,12+/m0/s1. The first kappa shape index (κ1) is 12.8. The molecule has 0 unspecified atom stereocenters. The van der Waals surface area contributed by atoms with E-state index in [1.807, 2.05) is 13.8 Å². The minimum Gasteiger partial charge on any atom is -0.462 e. The van der Waals surface area contributed by atoms with E-state index < -0.39 is 0 Å². The van der Waals surface area contributed by atoms with Crippen molar-refractivity contribution >= 4 is 5.97 Å². The molecule has 2 aliphatic rings. The largest absolute Gasteiger partial charge is 0.462 e. The second-order valence-electron chi connectivity index (χ2n) is 5.87. The summed E-state index contributed by atoms with van der Waals surface area (Å²) in [6.45, 7) is 4.03. The van der Waals surface area contributed by atoms with Crippen molar-refractivity contribution in [3.05, 3.63) is 0 Å². The Kier molecular flexibility index (Phi) is 3.73. The van der Waals surface area contributed by atoms with E-state index in [4.69, 9.17) is 4.74 Å². The summed E-state index contributed by atoms with van der Waals surface area (Å²) in [7, 11) is 2.05. The van der Waals surface area contributed by atoms with E-state index in [2.05, 4.69) is 11.9 Å². The molecule has 2 aliphatic heterocycles. The number of hydrogen-bond donors (Lipinski definition) is 1. The Balaban J connectivity index is 1.87. The first-order valence-electron chi connectivity index (χ1n) is 6.57. The van der Waals surface area contributed by atoms with Crippen LogP contribution in [0.1, 0.15) is 39.5 Å². The van der Waals surface area contributed by atoms with Gasteiger partial charge in [0.05, 0.1) is 6.10 Å². The molecule has 0 aromatic carbocycles. The topological polar surface area (TPSA) is 49.8 Å². The SMILES string of the molecule is CC(C)CC(=O)O[C@H]1C[C@H]2C[C@@H](O)[C@@H](C1)N2C. The smallest absolute Gasteiger partial charge is 0.306 e. The van der Waals surface area contributed by atoms with Gasteiger partial charge in [0.25, 0.3) is 0 Å². The van der Waals surface area contributed by atoms with Crippen molar-refractivity contribution in [2.45, 2.75) is 63.8 Å². The van der Waals surface area contributed by atoms with Gasteiger partial charge in [0.1, 0.15) is 6.10 Å². The molecular formula is C13H23NO3. The van der Waals surface area contributed by atoms with Crippen LogP contribution in [0.4, 0.5) is 0 Å². The van der Waals surface area contributed by atoms with Crippen molar-refractivity contribution < 1.29 is 14.6 Å². The number of likely N-dealkylation sites (N-methyl/N-ethyl adjacent to an activating group) is 1. The number of esters is 1. The molecule has 4 heteroatoms. The normalized spacial score (nSPS) is 37.5. The predicted molar refractivity (Wildman–Crippen MR) is 64.5 cm³/mol. The molecule has 0 saturated carbocycles. The minimum absolute atomic E-state index is 0.00426. The highest BCUT2D eigenvalue weighted by Gasteiger charge is 2.45. The Hall–Kier alpha value is -0.610. The molecule has 2 rings (SSSR count). The van der Waals surface area contributed by atoms with Crippen LogP contribution in [0, 0.1) is 5.92 Å². The molecule has 4 atom stereocenters. The fourth-order valence-corrected chi connectivity index (χ4v) is 3.06. The number of nitrogens with zero attached hydrogens (tertiary/aromatic N) is 1. The van der Waals surface area contributed by atoms with Crippen molar-refractivity contribution in [3.8, 4) is 0 Å². The van der Waals surface area contributed by atoms with E-state index in [1.165, 1.54) is 0 Å². The van der Waals surface area contributed by atoms with Crippen LogP contribution in [-0.4, -0.2) is 47.3 Å². The van der Waals surface area contributed by atoms with Crippen LogP contribution >= 0.6 is 0 Å². The number of piperidine rings is 1. The molecule has 0 aromatic rings. The van der Waals surface area contributed by atoms with E-state index in [-0.39, 0.29) is 24.2 Å². The summed E-state index contributed by atoms with van der Waals surface area (Å²) in [5.74, 6) is 0.250. The lowest BCUT2D eigenvalue weighted by Crippen LogP contribution is -2.45. The summed E-state index contributed by atoms with van der Waals surface area (Å²) in [4.78, 5) is 13.9. The molecule has 17 heavy (non-hydrogen) atoms. The maximum absolute atomic E-state index is 11.6. The lowest BCUT2D eigenvalue weighted by atomic mass is 10.00. The van der Waals surface area contributed by atoms with E-state index in [9.17, 15) is 9.90 Å². The lowest BCUT2D eigenvalue weighted by Gasteiger charge is -2.36. The van der Waals surface area contributed by atoms with Gasteiger partial charge in [0, 0.05) is 31.3 Å². The van der Waals surface area contributed by atoms with Gasteiger partial charge in [0.2, 0.25) is 0 Å². The Morgan fingerprint density at radius 3 is 2.71 bits per heavy atom. The summed E-state index contributed by atoms with van der Waals surface area (Å²) in [5.41, 5.74) is 0. The van der Waals surface area contributed by atoms with E-state index in [0.29, 0.717) is 18.4 Å². The molecule has 0 aromatic heterocycles. The molecule has 0 radical (unpaired) electrons. The number of aliphatic hydroxyl groups is 1. The highest BCUT2D eigenvalue weighted by Crippen LogP contribution is 2.35. The fourth-order valence-electron chi connectivity index (χ4n) is 3.06. The third kappa shape index (κ3) is 2.80. The molecule has 98 valence electrons. The molecule has 2 bridgehead atoms. The fraction of sp³-hybridized carbons (Fsp3) is 0.923. The number of rotatable bonds is 3. The van der Waals surface area contributed by atoms with Gasteiger partial charge >= 0.3 is 5.97 Å². The van der Waals surface area contributed by atoms with Gasteiger partial charge < -0.3 is 9.84 Å². The monoisotopic (exact) mass is 241 g/mol. The molecule has 4 nitrogen and oxygen atoms in total. The average Bonchev–Trinajstić information content (AvgIpc) is 2.39. The number of carbonyl (C=O) groups excluding carboxylic acids is 1. The van der Waals surface area contributed by atoms with Gasteiger partial charge in [-0.3, -0.25) is 9.69 Å². The third-order valence-electron chi connectivity index (χ3n) is 3.97. The van der Waals surface area contributed by atoms with Crippen LogP contribution in [-0.2, 0) is 9.53 Å². The highest BCUT2D eigenvalue weighted by molar-refractivity contribution is 5.69. The zero-order valence-electron chi connectivity index (χ0n) is 10.9. The van der Waals surface area contributed by atoms with Crippen molar-refractivity contribution in [1.82, 2.24) is 4.90 Å². The molecular weight excluding hydrogens is 218 g/mol. The molecule has 1 N–H and O–H groups in total. The molecule has 2 saturated heterocycles. The maximum atomic E-state index is 11.6. The van der Waals surface area contributed by atoms with Gasteiger partial charge in [-0.05, 0) is 19.4 Å². The maximum Gasteiger partial charge on any atom is 0.306 e. The molecule has 0 amide bonds. The van der Waals surface area contributed by atoms with Crippen LogP contribution in [0.15, 0.2) is 0 Å². The molecule has 2 heterocycles. The number of fused-ring (bicyclic) bond motifs is 2. The van der Waals surface area contributed by atoms with Crippen LogP contribution in [0.25, 0.3) is 0 Å². The quantitative estimate of drug-likeness (QED) is 0.754. The van der Waals surface area contributed by atoms with Crippen LogP contribution in [0.2, 0.25) is 0 Å². The number of hydrogen-bond acceptors (Lipinski definition) is 4. The summed E-state index contributed by atoms with van der Waals surface area (Å²) in [6, 6.07) is 0.547. The zero-order chi connectivity index (χ0) is 12.6. The Morgan fingerprint density at radius 2 is 2.12 bits per heavy atom. The predicted octanol–water partition coefficient (Wildman–Crippen LogP) is 1.17. The third-order valence-corrected chi connectivity index (χ3v) is 3.97. The van der Waals surface area contributed by atoms with Crippen molar-refractivity contribution in [1.29, 1.82) is 0 Å². The second kappa shape index (κ2) is 4.94. The first-order valence-corrected chi connectivity index (χ1v) is 6.57. The number of ether oxygens (including phenoxy) is 1.